The fraction of sp³-hybridized carbons (Fsp3) is 0.231. The molecule has 3 aromatic carbocycles. The summed E-state index contributed by atoms with van der Waals surface area (Å²) in [7, 11) is 0. The molecule has 0 aliphatic carbocycles. The van der Waals surface area contributed by atoms with Crippen molar-refractivity contribution in [3.8, 4) is 46.0 Å². The van der Waals surface area contributed by atoms with Gasteiger partial charge in [-0.3, -0.25) is 0 Å². The van der Waals surface area contributed by atoms with Crippen LogP contribution in [0.15, 0.2) is 48.5 Å². The third-order valence-electron chi connectivity index (χ3n) is 5.96. The van der Waals surface area contributed by atoms with Gasteiger partial charge in [0, 0.05) is 0 Å². The van der Waals surface area contributed by atoms with Crippen LogP contribution in [0.25, 0.3) is 0 Å². The van der Waals surface area contributed by atoms with Gasteiger partial charge in [-0.2, -0.15) is 0 Å². The zero-order valence-electron chi connectivity index (χ0n) is 20.7. The molecule has 1 fully saturated rings. The van der Waals surface area contributed by atoms with Gasteiger partial charge in [0.15, 0.2) is 40.6 Å². The number of ether oxygens (including phenoxy) is 4. The van der Waals surface area contributed by atoms with Gasteiger partial charge in [0.05, 0.1) is 11.1 Å². The Labute approximate surface area is 229 Å². The minimum absolute atomic E-state index is 0.0862. The monoisotopic (exact) mass is 576 g/mol. The van der Waals surface area contributed by atoms with Crippen molar-refractivity contribution in [2.24, 2.45) is 0 Å². The third kappa shape index (κ3) is 6.22. The standard InChI is InChI=1S/C26H24O15/c27-12-1-3-13(4-2-12)39-26-22(35)21(34)23(41-25(37)11-7-16(30)20(33)17(31)8-11)18(40-26)9-38-24(36)10-5-14(28)19(32)15(29)6-10/h1-8,18,21-23,26-35H,9H2/t18-,21-,22-,23-,26-/m1/s1. The molecule has 1 aliphatic heterocycles. The van der Waals surface area contributed by atoms with Gasteiger partial charge in [-0.15, -0.1) is 0 Å². The number of esters is 2. The lowest BCUT2D eigenvalue weighted by Crippen LogP contribution is -2.61. The smallest absolute Gasteiger partial charge is 0.338 e. The van der Waals surface area contributed by atoms with Crippen LogP contribution in [0.5, 0.6) is 46.0 Å². The predicted octanol–water partition coefficient (Wildman–Crippen LogP) is 0.534. The molecule has 0 amide bonds. The molecule has 1 aliphatic rings. The molecule has 0 unspecified atom stereocenters. The van der Waals surface area contributed by atoms with Gasteiger partial charge in [-0.1, -0.05) is 0 Å². The van der Waals surface area contributed by atoms with Gasteiger partial charge in [-0.25, -0.2) is 9.59 Å². The van der Waals surface area contributed by atoms with Gasteiger partial charge in [-0.05, 0) is 48.5 Å². The van der Waals surface area contributed by atoms with E-state index >= 15 is 0 Å². The van der Waals surface area contributed by atoms with Gasteiger partial charge in [0.2, 0.25) is 6.29 Å². The van der Waals surface area contributed by atoms with E-state index in [1.807, 2.05) is 0 Å². The van der Waals surface area contributed by atoms with Crippen molar-refractivity contribution in [2.45, 2.75) is 30.7 Å². The molecule has 1 saturated heterocycles. The summed E-state index contributed by atoms with van der Waals surface area (Å²) in [5, 5.41) is 88.7. The van der Waals surface area contributed by atoms with Crippen molar-refractivity contribution in [3.05, 3.63) is 59.7 Å². The van der Waals surface area contributed by atoms with E-state index in [1.165, 1.54) is 24.3 Å². The van der Waals surface area contributed by atoms with Crippen molar-refractivity contribution in [1.29, 1.82) is 0 Å². The van der Waals surface area contributed by atoms with Gasteiger partial charge in [0.1, 0.15) is 36.4 Å². The minimum atomic E-state index is -1.92. The van der Waals surface area contributed by atoms with Crippen LogP contribution >= 0.6 is 0 Å². The Balaban J connectivity index is 1.57. The largest absolute Gasteiger partial charge is 0.508 e. The lowest BCUT2D eigenvalue weighted by Gasteiger charge is -2.41. The number of aliphatic hydroxyl groups is 2. The fourth-order valence-electron chi connectivity index (χ4n) is 3.82. The first-order chi connectivity index (χ1) is 19.3. The molecule has 4 rings (SSSR count). The van der Waals surface area contributed by atoms with Crippen LogP contribution in [-0.4, -0.2) is 95.2 Å². The van der Waals surface area contributed by atoms with Crippen LogP contribution in [0.4, 0.5) is 0 Å². The Morgan fingerprint density at radius 2 is 1.20 bits per heavy atom. The maximum absolute atomic E-state index is 12.8. The third-order valence-corrected chi connectivity index (χ3v) is 5.96. The SMILES string of the molecule is O=C(OC[C@H]1O[C@@H](Oc2ccc(O)cc2)[C@H](O)[C@@H](O)[C@@H]1OC(=O)c1cc(O)c(O)c(O)c1)c1cc(O)c(O)c(O)c1. The molecule has 41 heavy (non-hydrogen) atoms. The normalized spacial score (nSPS) is 22.0. The van der Waals surface area contributed by atoms with Crippen LogP contribution in [0.1, 0.15) is 20.7 Å². The van der Waals surface area contributed by atoms with Crippen molar-refractivity contribution >= 4 is 11.9 Å². The summed E-state index contributed by atoms with van der Waals surface area (Å²) < 4.78 is 21.6. The van der Waals surface area contributed by atoms with Crippen molar-refractivity contribution in [2.75, 3.05) is 6.61 Å². The van der Waals surface area contributed by atoms with E-state index in [4.69, 9.17) is 18.9 Å². The van der Waals surface area contributed by atoms with Crippen LogP contribution in [0, 0.1) is 0 Å². The number of phenolic OH excluding ortho intramolecular Hbond substituents is 7. The van der Waals surface area contributed by atoms with Crippen LogP contribution < -0.4 is 4.74 Å². The van der Waals surface area contributed by atoms with Crippen LogP contribution in [0.3, 0.4) is 0 Å². The first-order valence-corrected chi connectivity index (χ1v) is 11.7. The van der Waals surface area contributed by atoms with E-state index in [1.54, 1.807) is 0 Å². The number of aliphatic hydroxyl groups excluding tert-OH is 2. The van der Waals surface area contributed by atoms with E-state index in [-0.39, 0.29) is 11.5 Å². The van der Waals surface area contributed by atoms with Crippen molar-refractivity contribution < 1.29 is 74.5 Å². The number of phenols is 7. The summed E-state index contributed by atoms with van der Waals surface area (Å²) in [6.07, 6.45) is -8.65. The first-order valence-electron chi connectivity index (χ1n) is 11.7. The van der Waals surface area contributed by atoms with Crippen LogP contribution in [-0.2, 0) is 14.2 Å². The number of rotatable bonds is 7. The Morgan fingerprint density at radius 1 is 0.707 bits per heavy atom. The van der Waals surface area contributed by atoms with Gasteiger partial charge < -0.3 is 64.9 Å². The molecule has 218 valence electrons. The number of carbonyl (C=O) groups excluding carboxylic acids is 2. The number of hydrogen-bond acceptors (Lipinski definition) is 15. The second-order valence-corrected chi connectivity index (χ2v) is 8.83. The molecule has 0 radical (unpaired) electrons. The molecule has 0 spiro atoms. The molecule has 9 N–H and O–H groups in total. The molecule has 15 heteroatoms. The van der Waals surface area contributed by atoms with Gasteiger partial charge >= 0.3 is 11.9 Å². The van der Waals surface area contributed by atoms with E-state index < -0.39 is 94.9 Å². The van der Waals surface area contributed by atoms with Crippen molar-refractivity contribution in [3.63, 3.8) is 0 Å². The number of aromatic hydroxyl groups is 7. The molecule has 15 nitrogen and oxygen atoms in total. The Bertz CT molecular complexity index is 1390. The highest BCUT2D eigenvalue weighted by Crippen LogP contribution is 2.37. The maximum atomic E-state index is 12.8. The average Bonchev–Trinajstić information content (AvgIpc) is 2.93. The molecule has 0 saturated carbocycles. The highest BCUT2D eigenvalue weighted by molar-refractivity contribution is 5.92. The summed E-state index contributed by atoms with van der Waals surface area (Å²) >= 11 is 0. The highest BCUT2D eigenvalue weighted by Gasteiger charge is 2.48. The van der Waals surface area contributed by atoms with E-state index in [2.05, 4.69) is 0 Å². The Hall–Kier alpha value is -5.12. The Kier molecular flexibility index (Phi) is 8.13. The predicted molar refractivity (Wildman–Crippen MR) is 132 cm³/mol. The topological polar surface area (TPSA) is 253 Å². The summed E-state index contributed by atoms with van der Waals surface area (Å²) in [5.74, 6) is -7.51. The van der Waals surface area contributed by atoms with Gasteiger partial charge in [0.25, 0.3) is 0 Å². The quantitative estimate of drug-likeness (QED) is 0.137. The van der Waals surface area contributed by atoms with Crippen LogP contribution in [0.2, 0.25) is 0 Å². The summed E-state index contributed by atoms with van der Waals surface area (Å²) in [6, 6.07) is 8.33. The molecule has 1 heterocycles. The molecule has 0 aromatic heterocycles. The molecule has 3 aromatic rings. The zero-order valence-corrected chi connectivity index (χ0v) is 20.7. The summed E-state index contributed by atoms with van der Waals surface area (Å²) in [4.78, 5) is 25.4. The second kappa shape index (κ2) is 11.5. The van der Waals surface area contributed by atoms with E-state index in [0.29, 0.717) is 0 Å². The minimum Gasteiger partial charge on any atom is -0.508 e. The number of benzene rings is 3. The molecule has 0 bridgehead atoms. The fourth-order valence-corrected chi connectivity index (χ4v) is 3.82. The summed E-state index contributed by atoms with van der Waals surface area (Å²) in [6.45, 7) is -0.759. The molecular weight excluding hydrogens is 552 g/mol. The zero-order chi connectivity index (χ0) is 30.0. The first kappa shape index (κ1) is 28.9. The van der Waals surface area contributed by atoms with E-state index in [0.717, 1.165) is 24.3 Å². The lowest BCUT2D eigenvalue weighted by molar-refractivity contribution is -0.276. The molecule has 5 atom stereocenters. The maximum Gasteiger partial charge on any atom is 0.338 e. The number of hydrogen-bond donors (Lipinski definition) is 9. The number of carbonyl (C=O) groups is 2. The summed E-state index contributed by atoms with van der Waals surface area (Å²) in [5.41, 5.74) is -0.859. The molecular formula is C26H24O15. The average molecular weight is 576 g/mol. The van der Waals surface area contributed by atoms with E-state index in [9.17, 15) is 55.5 Å². The second-order valence-electron chi connectivity index (χ2n) is 8.83. The van der Waals surface area contributed by atoms with Crippen molar-refractivity contribution in [1.82, 2.24) is 0 Å². The highest BCUT2D eigenvalue weighted by atomic mass is 16.7. The Morgan fingerprint density at radius 3 is 1.71 bits per heavy atom. The lowest BCUT2D eigenvalue weighted by atomic mass is 9.98.